The van der Waals surface area contributed by atoms with Crippen molar-refractivity contribution in [2.24, 2.45) is 0 Å². The van der Waals surface area contributed by atoms with Crippen LogP contribution in [0.5, 0.6) is 0 Å². The normalized spacial score (nSPS) is 10.6. The van der Waals surface area contributed by atoms with E-state index >= 15 is 0 Å². The quantitative estimate of drug-likeness (QED) is 0.223. The first-order chi connectivity index (χ1) is 14.9. The Morgan fingerprint density at radius 3 is 2.39 bits per heavy atom. The van der Waals surface area contributed by atoms with E-state index in [-0.39, 0.29) is 17.2 Å². The lowest BCUT2D eigenvalue weighted by molar-refractivity contribution is -0.384. The molecule has 0 bridgehead atoms. The van der Waals surface area contributed by atoms with Crippen molar-refractivity contribution in [1.82, 2.24) is 0 Å². The highest BCUT2D eigenvalue weighted by Crippen LogP contribution is 2.29. The summed E-state index contributed by atoms with van der Waals surface area (Å²) in [5.41, 5.74) is 1.62. The van der Waals surface area contributed by atoms with E-state index in [0.29, 0.717) is 32.5 Å². The molecular weight excluding hydrogens is 466 g/mol. The predicted octanol–water partition coefficient (Wildman–Crippen LogP) is 5.46. The molecule has 0 saturated carbocycles. The molecule has 0 radical (unpaired) electrons. The maximum absolute atomic E-state index is 12.4. The van der Waals surface area contributed by atoms with Crippen LogP contribution in [-0.2, 0) is 0 Å². The molecular formula is C22H14BrN3O5. The van der Waals surface area contributed by atoms with Gasteiger partial charge in [0.25, 0.3) is 11.6 Å². The Labute approximate surface area is 183 Å². The number of fused-ring (bicyclic) bond motifs is 1. The molecule has 0 aliphatic heterocycles. The second-order valence-corrected chi connectivity index (χ2v) is 7.41. The van der Waals surface area contributed by atoms with Gasteiger partial charge in [-0.2, -0.15) is 0 Å². The van der Waals surface area contributed by atoms with Gasteiger partial charge in [0.15, 0.2) is 0 Å². The number of benzene rings is 3. The Bertz CT molecular complexity index is 1370. The van der Waals surface area contributed by atoms with E-state index in [0.717, 1.165) is 0 Å². The lowest BCUT2D eigenvalue weighted by atomic mass is 10.1. The van der Waals surface area contributed by atoms with Crippen LogP contribution in [0.3, 0.4) is 0 Å². The molecule has 1 heterocycles. The largest absolute Gasteiger partial charge is 0.423 e. The van der Waals surface area contributed by atoms with E-state index in [1.54, 1.807) is 42.5 Å². The monoisotopic (exact) mass is 479 g/mol. The molecule has 31 heavy (non-hydrogen) atoms. The van der Waals surface area contributed by atoms with E-state index in [1.807, 2.05) is 6.07 Å². The molecule has 3 aromatic carbocycles. The van der Waals surface area contributed by atoms with Crippen molar-refractivity contribution in [3.63, 3.8) is 0 Å². The summed E-state index contributed by atoms with van der Waals surface area (Å²) in [4.78, 5) is 34.9. The molecule has 0 fully saturated rings. The summed E-state index contributed by atoms with van der Waals surface area (Å²) in [6.07, 6.45) is 0. The number of hydrogen-bond acceptors (Lipinski definition) is 6. The van der Waals surface area contributed by atoms with E-state index in [9.17, 15) is 19.7 Å². The van der Waals surface area contributed by atoms with Crippen LogP contribution >= 0.6 is 15.9 Å². The summed E-state index contributed by atoms with van der Waals surface area (Å²) >= 11 is 3.35. The molecule has 0 aliphatic carbocycles. The second-order valence-electron chi connectivity index (χ2n) is 6.55. The summed E-state index contributed by atoms with van der Waals surface area (Å²) in [5, 5.41) is 17.4. The van der Waals surface area contributed by atoms with Gasteiger partial charge in [-0.05, 0) is 58.4 Å². The first-order valence-corrected chi connectivity index (χ1v) is 9.85. The number of carbonyl (C=O) groups is 1. The molecule has 0 unspecified atom stereocenters. The average Bonchev–Trinajstić information content (AvgIpc) is 2.75. The Kier molecular flexibility index (Phi) is 5.50. The van der Waals surface area contributed by atoms with Crippen LogP contribution in [0.25, 0.3) is 11.0 Å². The zero-order valence-corrected chi connectivity index (χ0v) is 17.4. The molecule has 9 heteroatoms. The molecule has 0 saturated heterocycles. The fraction of sp³-hybridized carbons (Fsp3) is 0. The molecule has 2 N–H and O–H groups in total. The van der Waals surface area contributed by atoms with Crippen molar-refractivity contribution in [2.45, 2.75) is 0 Å². The van der Waals surface area contributed by atoms with Gasteiger partial charge in [-0.15, -0.1) is 0 Å². The van der Waals surface area contributed by atoms with Crippen LogP contribution in [0.4, 0.5) is 22.7 Å². The SMILES string of the molecule is O=C(Nc1ccc(Nc2cc(=O)oc3ccc([N+](=O)[O-])cc23)cc1)c1ccccc1Br. The predicted molar refractivity (Wildman–Crippen MR) is 121 cm³/mol. The third-order valence-corrected chi connectivity index (χ3v) is 5.17. The number of anilines is 3. The van der Waals surface area contributed by atoms with Gasteiger partial charge in [-0.3, -0.25) is 14.9 Å². The van der Waals surface area contributed by atoms with Gasteiger partial charge in [0, 0.05) is 39.4 Å². The number of nitrogens with zero attached hydrogens (tertiary/aromatic N) is 1. The van der Waals surface area contributed by atoms with Gasteiger partial charge in [0.2, 0.25) is 0 Å². The number of nitrogens with one attached hydrogen (secondary N) is 2. The van der Waals surface area contributed by atoms with Crippen LogP contribution in [0.15, 0.2) is 86.5 Å². The van der Waals surface area contributed by atoms with Crippen molar-refractivity contribution >= 4 is 55.6 Å². The summed E-state index contributed by atoms with van der Waals surface area (Å²) in [6, 6.07) is 19.2. The molecule has 4 aromatic rings. The summed E-state index contributed by atoms with van der Waals surface area (Å²) in [6.45, 7) is 0. The Hall–Kier alpha value is -3.98. The van der Waals surface area contributed by atoms with Crippen LogP contribution < -0.4 is 16.3 Å². The number of amides is 1. The molecule has 154 valence electrons. The first-order valence-electron chi connectivity index (χ1n) is 9.06. The summed E-state index contributed by atoms with van der Waals surface area (Å²) < 4.78 is 5.81. The third-order valence-electron chi connectivity index (χ3n) is 4.48. The van der Waals surface area contributed by atoms with Gasteiger partial charge in [-0.25, -0.2) is 4.79 Å². The number of rotatable bonds is 5. The van der Waals surface area contributed by atoms with E-state index < -0.39 is 10.5 Å². The van der Waals surface area contributed by atoms with Crippen LogP contribution in [0.1, 0.15) is 10.4 Å². The van der Waals surface area contributed by atoms with Crippen molar-refractivity contribution in [3.05, 3.63) is 103 Å². The van der Waals surface area contributed by atoms with Gasteiger partial charge in [0.05, 0.1) is 16.2 Å². The molecule has 0 atom stereocenters. The molecule has 0 spiro atoms. The first kappa shape index (κ1) is 20.3. The highest BCUT2D eigenvalue weighted by Gasteiger charge is 2.13. The minimum absolute atomic E-state index is 0.116. The lowest BCUT2D eigenvalue weighted by Gasteiger charge is -2.11. The van der Waals surface area contributed by atoms with Gasteiger partial charge >= 0.3 is 5.63 Å². The van der Waals surface area contributed by atoms with Crippen molar-refractivity contribution in [1.29, 1.82) is 0 Å². The summed E-state index contributed by atoms with van der Waals surface area (Å²) in [5.74, 6) is -0.257. The van der Waals surface area contributed by atoms with Crippen molar-refractivity contribution < 1.29 is 14.1 Å². The minimum atomic E-state index is -0.582. The van der Waals surface area contributed by atoms with E-state index in [4.69, 9.17) is 4.42 Å². The Morgan fingerprint density at radius 1 is 0.968 bits per heavy atom. The number of nitro benzene ring substituents is 1. The molecule has 1 aromatic heterocycles. The molecule has 0 aliphatic rings. The van der Waals surface area contributed by atoms with Crippen LogP contribution in [0.2, 0.25) is 0 Å². The number of nitro groups is 1. The zero-order chi connectivity index (χ0) is 22.0. The second kappa shape index (κ2) is 8.41. The van der Waals surface area contributed by atoms with Crippen molar-refractivity contribution in [2.75, 3.05) is 10.6 Å². The average molecular weight is 480 g/mol. The van der Waals surface area contributed by atoms with Gasteiger partial charge in [-0.1, -0.05) is 12.1 Å². The standard InChI is InChI=1S/C22H14BrN3O5/c23-18-4-2-1-3-16(18)22(28)25-14-7-5-13(6-8-14)24-19-12-21(27)31-20-10-9-15(26(29)30)11-17(19)20/h1-12,24H,(H,25,28). The van der Waals surface area contributed by atoms with E-state index in [1.165, 1.54) is 24.3 Å². The molecule has 1 amide bonds. The number of halogens is 1. The molecule has 8 nitrogen and oxygen atoms in total. The van der Waals surface area contributed by atoms with Crippen molar-refractivity contribution in [3.8, 4) is 0 Å². The van der Waals surface area contributed by atoms with Gasteiger partial charge in [0.1, 0.15) is 5.58 Å². The zero-order valence-electron chi connectivity index (χ0n) is 15.8. The summed E-state index contributed by atoms with van der Waals surface area (Å²) in [7, 11) is 0. The maximum atomic E-state index is 12.4. The number of carbonyl (C=O) groups excluding carboxylic acids is 1. The number of hydrogen-bond donors (Lipinski definition) is 2. The van der Waals surface area contributed by atoms with Crippen LogP contribution in [0, 0.1) is 10.1 Å². The topological polar surface area (TPSA) is 114 Å². The maximum Gasteiger partial charge on any atom is 0.338 e. The van der Waals surface area contributed by atoms with E-state index in [2.05, 4.69) is 26.6 Å². The Balaban J connectivity index is 1.58. The van der Waals surface area contributed by atoms with Crippen LogP contribution in [-0.4, -0.2) is 10.8 Å². The van der Waals surface area contributed by atoms with Gasteiger partial charge < -0.3 is 15.1 Å². The minimum Gasteiger partial charge on any atom is -0.423 e. The Morgan fingerprint density at radius 2 is 1.68 bits per heavy atom. The smallest absolute Gasteiger partial charge is 0.338 e. The molecule has 4 rings (SSSR count). The lowest BCUT2D eigenvalue weighted by Crippen LogP contribution is -2.12. The highest BCUT2D eigenvalue weighted by atomic mass is 79.9. The highest BCUT2D eigenvalue weighted by molar-refractivity contribution is 9.10. The number of non-ortho nitro benzene ring substituents is 1. The fourth-order valence-electron chi connectivity index (χ4n) is 3.00. The third kappa shape index (κ3) is 4.46. The fourth-order valence-corrected chi connectivity index (χ4v) is 3.47.